The second kappa shape index (κ2) is 42.2. The number of hydrogen-bond acceptors (Lipinski definition) is 8. The van der Waals surface area contributed by atoms with E-state index in [1.807, 2.05) is 0 Å². The quantitative estimate of drug-likeness (QED) is 0.0332. The first kappa shape index (κ1) is 57.2. The standard InChI is InChI=1S/C51H101NO8/c1-3-5-7-9-11-13-14-15-16-17-18-19-20-21-22-23-24-25-26-27-28-29-30-31-32-33-34-36-38-40-45(54)44(52-47(55)41-39-37-35-12-10-8-6-4-2)43-59-51-50(58)49(57)48(56)46(42-53)60-51/h44-46,48-51,53-54,56-58H,3-43H2,1-2H3,(H,52,55). The molecule has 1 aliphatic rings. The third-order valence-corrected chi connectivity index (χ3v) is 13.0. The van der Waals surface area contributed by atoms with Crippen LogP contribution >= 0.6 is 0 Å². The Labute approximate surface area is 370 Å². The molecule has 6 N–H and O–H groups in total. The van der Waals surface area contributed by atoms with Crippen molar-refractivity contribution < 1.29 is 39.8 Å². The lowest BCUT2D eigenvalue weighted by molar-refractivity contribution is -0.302. The number of amides is 1. The highest BCUT2D eigenvalue weighted by Gasteiger charge is 2.44. The molecule has 7 atom stereocenters. The Kier molecular flexibility index (Phi) is 40.2. The first-order valence-electron chi connectivity index (χ1n) is 26.2. The van der Waals surface area contributed by atoms with Gasteiger partial charge in [-0.3, -0.25) is 4.79 Å². The van der Waals surface area contributed by atoms with Crippen molar-refractivity contribution in [3.05, 3.63) is 0 Å². The van der Waals surface area contributed by atoms with Gasteiger partial charge in [-0.2, -0.15) is 0 Å². The molecule has 1 fully saturated rings. The molecule has 1 amide bonds. The normalized spacial score (nSPS) is 20.4. The van der Waals surface area contributed by atoms with Gasteiger partial charge in [0.15, 0.2) is 6.29 Å². The SMILES string of the molecule is CCCCCCCCCCCCCCCCCCCCCCCCCCCCCCCC(O)C(COC1OC(CO)C(O)C(O)C1O)NC(=O)CCCCCCCCCC. The lowest BCUT2D eigenvalue weighted by Gasteiger charge is -2.40. The van der Waals surface area contributed by atoms with Gasteiger partial charge in [0.25, 0.3) is 0 Å². The summed E-state index contributed by atoms with van der Waals surface area (Å²) in [6.07, 6.45) is 41.6. The summed E-state index contributed by atoms with van der Waals surface area (Å²) in [4.78, 5) is 12.9. The van der Waals surface area contributed by atoms with Gasteiger partial charge in [0.05, 0.1) is 25.4 Å². The topological polar surface area (TPSA) is 149 Å². The van der Waals surface area contributed by atoms with E-state index in [9.17, 15) is 30.3 Å². The predicted octanol–water partition coefficient (Wildman–Crippen LogP) is 11.9. The molecule has 358 valence electrons. The summed E-state index contributed by atoms with van der Waals surface area (Å²) in [5.74, 6) is -0.145. The van der Waals surface area contributed by atoms with Crippen LogP contribution in [-0.4, -0.2) is 87.5 Å². The van der Waals surface area contributed by atoms with E-state index in [2.05, 4.69) is 19.2 Å². The third-order valence-electron chi connectivity index (χ3n) is 13.0. The molecule has 9 heteroatoms. The average molecular weight is 856 g/mol. The van der Waals surface area contributed by atoms with E-state index in [4.69, 9.17) is 9.47 Å². The number of carbonyl (C=O) groups excluding carboxylic acids is 1. The Hall–Kier alpha value is -0.810. The minimum absolute atomic E-state index is 0.132. The van der Waals surface area contributed by atoms with Crippen LogP contribution in [-0.2, 0) is 14.3 Å². The Morgan fingerprint density at radius 2 is 0.833 bits per heavy atom. The fraction of sp³-hybridized carbons (Fsp3) is 0.980. The van der Waals surface area contributed by atoms with Crippen LogP contribution in [0.25, 0.3) is 0 Å². The van der Waals surface area contributed by atoms with Gasteiger partial charge in [0.1, 0.15) is 24.4 Å². The molecule has 1 saturated heterocycles. The zero-order valence-electron chi connectivity index (χ0n) is 39.5. The zero-order chi connectivity index (χ0) is 43.7. The van der Waals surface area contributed by atoms with E-state index < -0.39 is 49.5 Å². The van der Waals surface area contributed by atoms with Crippen LogP contribution in [0.15, 0.2) is 0 Å². The first-order valence-corrected chi connectivity index (χ1v) is 26.2. The van der Waals surface area contributed by atoms with Gasteiger partial charge in [0.2, 0.25) is 5.91 Å². The Balaban J connectivity index is 2.09. The Bertz CT molecular complexity index is 908. The average Bonchev–Trinajstić information content (AvgIpc) is 3.25. The molecule has 0 aromatic heterocycles. The number of ether oxygens (including phenoxy) is 2. The van der Waals surface area contributed by atoms with Gasteiger partial charge in [-0.05, 0) is 12.8 Å². The molecule has 1 heterocycles. The van der Waals surface area contributed by atoms with Crippen molar-refractivity contribution in [2.45, 2.75) is 307 Å². The molecule has 0 spiro atoms. The number of hydrogen-bond donors (Lipinski definition) is 6. The van der Waals surface area contributed by atoms with E-state index in [1.54, 1.807) is 0 Å². The van der Waals surface area contributed by atoms with Crippen LogP contribution in [0, 0.1) is 0 Å². The molecule has 9 nitrogen and oxygen atoms in total. The molecule has 1 rings (SSSR count). The van der Waals surface area contributed by atoms with E-state index in [1.165, 1.54) is 199 Å². The number of aliphatic hydroxyl groups excluding tert-OH is 5. The van der Waals surface area contributed by atoms with Gasteiger partial charge in [-0.1, -0.05) is 245 Å². The summed E-state index contributed by atoms with van der Waals surface area (Å²) in [7, 11) is 0. The van der Waals surface area contributed by atoms with Gasteiger partial charge >= 0.3 is 0 Å². The summed E-state index contributed by atoms with van der Waals surface area (Å²) in [5, 5.41) is 54.3. The number of unbranched alkanes of at least 4 members (excludes halogenated alkanes) is 35. The largest absolute Gasteiger partial charge is 0.394 e. The first-order chi connectivity index (χ1) is 29.3. The highest BCUT2D eigenvalue weighted by molar-refractivity contribution is 5.76. The minimum Gasteiger partial charge on any atom is -0.394 e. The predicted molar refractivity (Wildman–Crippen MR) is 249 cm³/mol. The minimum atomic E-state index is -1.55. The second-order valence-electron chi connectivity index (χ2n) is 18.7. The van der Waals surface area contributed by atoms with Gasteiger partial charge in [0, 0.05) is 6.42 Å². The van der Waals surface area contributed by atoms with Crippen molar-refractivity contribution in [2.75, 3.05) is 13.2 Å². The monoisotopic (exact) mass is 856 g/mol. The number of aliphatic hydroxyl groups is 5. The summed E-state index contributed by atoms with van der Waals surface area (Å²) >= 11 is 0. The number of carbonyl (C=O) groups is 1. The number of rotatable bonds is 45. The van der Waals surface area contributed by atoms with E-state index in [0.717, 1.165) is 38.5 Å². The maximum atomic E-state index is 12.9. The smallest absolute Gasteiger partial charge is 0.220 e. The summed E-state index contributed by atoms with van der Waals surface area (Å²) in [6, 6.07) is -0.710. The molecule has 0 aliphatic carbocycles. The number of nitrogens with one attached hydrogen (secondary N) is 1. The molecule has 1 aliphatic heterocycles. The van der Waals surface area contributed by atoms with Crippen LogP contribution in [0.5, 0.6) is 0 Å². The van der Waals surface area contributed by atoms with Crippen molar-refractivity contribution in [2.24, 2.45) is 0 Å². The molecule has 7 unspecified atom stereocenters. The lowest BCUT2D eigenvalue weighted by atomic mass is 9.99. The highest BCUT2D eigenvalue weighted by Crippen LogP contribution is 2.23. The second-order valence-corrected chi connectivity index (χ2v) is 18.7. The van der Waals surface area contributed by atoms with Crippen molar-refractivity contribution in [3.63, 3.8) is 0 Å². The highest BCUT2D eigenvalue weighted by atomic mass is 16.7. The van der Waals surface area contributed by atoms with Crippen LogP contribution in [0.2, 0.25) is 0 Å². The molecule has 0 aromatic rings. The van der Waals surface area contributed by atoms with Gasteiger partial charge in [-0.15, -0.1) is 0 Å². The van der Waals surface area contributed by atoms with E-state index >= 15 is 0 Å². The summed E-state index contributed by atoms with van der Waals surface area (Å²) in [5.41, 5.74) is 0. The van der Waals surface area contributed by atoms with Crippen LogP contribution in [0.4, 0.5) is 0 Å². The molecule has 0 bridgehead atoms. The van der Waals surface area contributed by atoms with Crippen LogP contribution in [0.3, 0.4) is 0 Å². The van der Waals surface area contributed by atoms with Gasteiger partial charge in [-0.25, -0.2) is 0 Å². The third kappa shape index (κ3) is 31.9. The fourth-order valence-electron chi connectivity index (χ4n) is 8.75. The molecular formula is C51H101NO8. The van der Waals surface area contributed by atoms with E-state index in [-0.39, 0.29) is 12.5 Å². The van der Waals surface area contributed by atoms with Crippen molar-refractivity contribution in [3.8, 4) is 0 Å². The van der Waals surface area contributed by atoms with E-state index in [0.29, 0.717) is 12.8 Å². The summed E-state index contributed by atoms with van der Waals surface area (Å²) < 4.78 is 11.2. The summed E-state index contributed by atoms with van der Waals surface area (Å²) in [6.45, 7) is 3.82. The van der Waals surface area contributed by atoms with Crippen molar-refractivity contribution in [1.29, 1.82) is 0 Å². The molecule has 0 aromatic carbocycles. The molecule has 60 heavy (non-hydrogen) atoms. The maximum Gasteiger partial charge on any atom is 0.220 e. The Morgan fingerprint density at radius 3 is 1.18 bits per heavy atom. The maximum absolute atomic E-state index is 12.9. The van der Waals surface area contributed by atoms with Crippen LogP contribution in [0.1, 0.15) is 264 Å². The molecular weight excluding hydrogens is 755 g/mol. The fourth-order valence-corrected chi connectivity index (χ4v) is 8.75. The zero-order valence-corrected chi connectivity index (χ0v) is 39.5. The molecule has 0 radical (unpaired) electrons. The lowest BCUT2D eigenvalue weighted by Crippen LogP contribution is -2.60. The molecule has 0 saturated carbocycles. The van der Waals surface area contributed by atoms with Crippen molar-refractivity contribution >= 4 is 5.91 Å². The van der Waals surface area contributed by atoms with Crippen molar-refractivity contribution in [1.82, 2.24) is 5.32 Å². The van der Waals surface area contributed by atoms with Gasteiger partial charge < -0.3 is 40.3 Å². The Morgan fingerprint density at radius 1 is 0.500 bits per heavy atom. The van der Waals surface area contributed by atoms with Crippen LogP contribution < -0.4 is 5.32 Å².